The molecule has 8 nitrogen and oxygen atoms in total. The summed E-state index contributed by atoms with van der Waals surface area (Å²) in [4.78, 5) is 47.8. The van der Waals surface area contributed by atoms with E-state index in [2.05, 4.69) is 25.6 Å². The number of nitrogens with one attached hydrogen (secondary N) is 3. The van der Waals surface area contributed by atoms with Crippen molar-refractivity contribution in [3.05, 3.63) is 46.1 Å². The zero-order chi connectivity index (χ0) is 20.9. The average molecular weight is 385 g/mol. The molecule has 2 aromatic heterocycles. The molecule has 28 heavy (non-hydrogen) atoms. The van der Waals surface area contributed by atoms with Gasteiger partial charge >= 0.3 is 0 Å². The number of amides is 2. The van der Waals surface area contributed by atoms with E-state index in [1.165, 1.54) is 0 Å². The van der Waals surface area contributed by atoms with Gasteiger partial charge in [0.15, 0.2) is 0 Å². The number of hydrogen-bond donors (Lipinski definition) is 3. The van der Waals surface area contributed by atoms with E-state index in [0.717, 1.165) is 5.56 Å². The van der Waals surface area contributed by atoms with E-state index in [0.29, 0.717) is 17.1 Å². The van der Waals surface area contributed by atoms with E-state index in [9.17, 15) is 14.4 Å². The number of nitrogens with zero attached hydrogens (tertiary/aromatic N) is 2. The number of carbonyl (C=O) groups excluding carboxylic acids is 2. The van der Waals surface area contributed by atoms with Gasteiger partial charge in [-0.3, -0.25) is 19.4 Å². The minimum Gasteiger partial charge on any atom is -0.350 e. The molecule has 8 heteroatoms. The Morgan fingerprint density at radius 1 is 1.21 bits per heavy atom. The second-order valence-corrected chi connectivity index (χ2v) is 7.74. The summed E-state index contributed by atoms with van der Waals surface area (Å²) in [5.41, 5.74) is 1.15. The van der Waals surface area contributed by atoms with E-state index >= 15 is 0 Å². The molecular weight excluding hydrogens is 358 g/mol. The molecule has 0 fully saturated rings. The maximum Gasteiger partial charge on any atom is 0.254 e. The predicted octanol–water partition coefficient (Wildman–Crippen LogP) is 1.49. The smallest absolute Gasteiger partial charge is 0.254 e. The molecule has 0 aromatic carbocycles. The molecule has 0 saturated heterocycles. The summed E-state index contributed by atoms with van der Waals surface area (Å²) in [6.07, 6.45) is 3.58. The number of rotatable bonds is 6. The minimum absolute atomic E-state index is 0.0906. The second kappa shape index (κ2) is 8.77. The lowest BCUT2D eigenvalue weighted by Gasteiger charge is -2.23. The van der Waals surface area contributed by atoms with Gasteiger partial charge in [-0.05, 0) is 53.2 Å². The molecule has 2 rings (SSSR count). The van der Waals surface area contributed by atoms with Crippen LogP contribution in [0.25, 0.3) is 11.4 Å². The second-order valence-electron chi connectivity index (χ2n) is 7.74. The molecule has 2 amide bonds. The number of hydrogen-bond acceptors (Lipinski definition) is 5. The lowest BCUT2D eigenvalue weighted by atomic mass is 10.1. The Labute approximate surface area is 164 Å². The summed E-state index contributed by atoms with van der Waals surface area (Å²) in [6.45, 7) is 8.99. The highest BCUT2D eigenvalue weighted by Crippen LogP contribution is 2.13. The molecule has 0 saturated carbocycles. The third-order valence-electron chi connectivity index (χ3n) is 4.05. The van der Waals surface area contributed by atoms with Crippen LogP contribution in [0.2, 0.25) is 0 Å². The lowest BCUT2D eigenvalue weighted by Crippen LogP contribution is -2.50. The summed E-state index contributed by atoms with van der Waals surface area (Å²) >= 11 is 0. The minimum atomic E-state index is -0.654. The molecule has 0 aliphatic rings. The Morgan fingerprint density at radius 3 is 2.43 bits per heavy atom. The van der Waals surface area contributed by atoms with Gasteiger partial charge in [0.2, 0.25) is 11.8 Å². The number of aryl methyl sites for hydroxylation is 1. The Morgan fingerprint density at radius 2 is 1.86 bits per heavy atom. The Kier molecular flexibility index (Phi) is 6.66. The van der Waals surface area contributed by atoms with Crippen LogP contribution in [-0.4, -0.2) is 38.3 Å². The summed E-state index contributed by atoms with van der Waals surface area (Å²) in [6, 6.07) is 2.86. The van der Waals surface area contributed by atoms with Gasteiger partial charge < -0.3 is 15.6 Å². The van der Waals surface area contributed by atoms with Crippen LogP contribution in [0.1, 0.15) is 45.4 Å². The molecule has 0 aliphatic heterocycles. The Bertz CT molecular complexity index is 900. The monoisotopic (exact) mass is 385 g/mol. The maximum atomic E-state index is 12.4. The summed E-state index contributed by atoms with van der Waals surface area (Å²) in [5, 5.41) is 5.47. The molecule has 2 heterocycles. The molecule has 3 N–H and O–H groups in total. The van der Waals surface area contributed by atoms with Gasteiger partial charge in [-0.25, -0.2) is 4.98 Å². The molecule has 0 spiro atoms. The maximum absolute atomic E-state index is 12.4. The van der Waals surface area contributed by atoms with Gasteiger partial charge in [0.1, 0.15) is 11.9 Å². The largest absolute Gasteiger partial charge is 0.350 e. The van der Waals surface area contributed by atoms with Crippen molar-refractivity contribution in [2.75, 3.05) is 0 Å². The molecule has 2 aromatic rings. The van der Waals surface area contributed by atoms with Crippen LogP contribution >= 0.6 is 0 Å². The first-order valence-electron chi connectivity index (χ1n) is 9.18. The highest BCUT2D eigenvalue weighted by molar-refractivity contribution is 5.87. The fraction of sp³-hybridized carbons (Fsp3) is 0.450. The van der Waals surface area contributed by atoms with Gasteiger partial charge in [0.25, 0.3) is 5.56 Å². The number of carbonyl (C=O) groups is 2. The average Bonchev–Trinajstić information content (AvgIpc) is 2.60. The van der Waals surface area contributed by atoms with E-state index in [1.807, 2.05) is 20.8 Å². The predicted molar refractivity (Wildman–Crippen MR) is 107 cm³/mol. The van der Waals surface area contributed by atoms with Crippen LogP contribution in [0.3, 0.4) is 0 Å². The Hall–Kier alpha value is -3.03. The number of aromatic nitrogens is 3. The van der Waals surface area contributed by atoms with E-state index < -0.39 is 6.04 Å². The highest BCUT2D eigenvalue weighted by Gasteiger charge is 2.21. The first kappa shape index (κ1) is 21.3. The zero-order valence-electron chi connectivity index (χ0n) is 16.9. The van der Waals surface area contributed by atoms with E-state index in [4.69, 9.17) is 0 Å². The fourth-order valence-corrected chi connectivity index (χ4v) is 2.65. The van der Waals surface area contributed by atoms with Crippen LogP contribution in [0.4, 0.5) is 0 Å². The first-order chi connectivity index (χ1) is 13.1. The lowest BCUT2D eigenvalue weighted by molar-refractivity contribution is -0.129. The SMILES string of the molecule is Cc1nc(-c2ccncc2)[nH]c(=O)c1CCC(=O)N[C@H](C)C(=O)NC(C)(C)C. The summed E-state index contributed by atoms with van der Waals surface area (Å²) in [7, 11) is 0. The standard InChI is InChI=1S/C20H27N5O3/c1-12-15(19(28)24-17(23-12)14-8-10-21-11-9-14)6-7-16(26)22-13(2)18(27)25-20(3,4)5/h8-11,13H,6-7H2,1-5H3,(H,22,26)(H,25,27)(H,23,24,28)/t13-/m1/s1. The summed E-state index contributed by atoms with van der Waals surface area (Å²) in [5.74, 6) is -0.0857. The van der Waals surface area contributed by atoms with Crippen molar-refractivity contribution in [3.63, 3.8) is 0 Å². The highest BCUT2D eigenvalue weighted by atomic mass is 16.2. The molecule has 150 valence electrons. The van der Waals surface area contributed by atoms with Gasteiger partial charge in [-0.2, -0.15) is 0 Å². The number of aromatic amines is 1. The van der Waals surface area contributed by atoms with Crippen molar-refractivity contribution < 1.29 is 9.59 Å². The molecular formula is C20H27N5O3. The van der Waals surface area contributed by atoms with Crippen molar-refractivity contribution >= 4 is 11.8 Å². The van der Waals surface area contributed by atoms with Gasteiger partial charge in [0.05, 0.1) is 0 Å². The van der Waals surface area contributed by atoms with Crippen LogP contribution in [0.5, 0.6) is 0 Å². The summed E-state index contributed by atoms with van der Waals surface area (Å²) < 4.78 is 0. The molecule has 0 bridgehead atoms. The third-order valence-corrected chi connectivity index (χ3v) is 4.05. The van der Waals surface area contributed by atoms with Crippen molar-refractivity contribution in [3.8, 4) is 11.4 Å². The fourth-order valence-electron chi connectivity index (χ4n) is 2.65. The van der Waals surface area contributed by atoms with Crippen LogP contribution in [-0.2, 0) is 16.0 Å². The number of H-pyrrole nitrogens is 1. The van der Waals surface area contributed by atoms with Crippen LogP contribution in [0, 0.1) is 6.92 Å². The van der Waals surface area contributed by atoms with Gasteiger partial charge in [0, 0.05) is 41.2 Å². The first-order valence-corrected chi connectivity index (χ1v) is 9.18. The normalized spacial score (nSPS) is 12.3. The van der Waals surface area contributed by atoms with Crippen molar-refractivity contribution in [1.29, 1.82) is 0 Å². The molecule has 0 radical (unpaired) electrons. The molecule has 0 unspecified atom stereocenters. The number of pyridine rings is 1. The van der Waals surface area contributed by atoms with E-state index in [-0.39, 0.29) is 35.8 Å². The quantitative estimate of drug-likeness (QED) is 0.696. The van der Waals surface area contributed by atoms with Gasteiger partial charge in [-0.1, -0.05) is 0 Å². The van der Waals surface area contributed by atoms with Crippen LogP contribution in [0.15, 0.2) is 29.3 Å². The van der Waals surface area contributed by atoms with Gasteiger partial charge in [-0.15, -0.1) is 0 Å². The van der Waals surface area contributed by atoms with Crippen molar-refractivity contribution in [2.24, 2.45) is 0 Å². The zero-order valence-corrected chi connectivity index (χ0v) is 16.9. The third kappa shape index (κ3) is 6.00. The van der Waals surface area contributed by atoms with Crippen molar-refractivity contribution in [2.45, 2.75) is 59.0 Å². The Balaban J connectivity index is 2.00. The topological polar surface area (TPSA) is 117 Å². The van der Waals surface area contributed by atoms with Crippen molar-refractivity contribution in [1.82, 2.24) is 25.6 Å². The molecule has 0 aliphatic carbocycles. The molecule has 1 atom stereocenters. The van der Waals surface area contributed by atoms with Crippen LogP contribution < -0.4 is 16.2 Å². The van der Waals surface area contributed by atoms with E-state index in [1.54, 1.807) is 38.4 Å².